The van der Waals surface area contributed by atoms with Crippen LogP contribution in [0.1, 0.15) is 25.7 Å². The Balaban J connectivity index is 1.26. The number of hydrogen-bond acceptors (Lipinski definition) is 28. The van der Waals surface area contributed by atoms with E-state index in [1.165, 1.54) is 0 Å². The number of phosphoric ester groups is 1. The van der Waals surface area contributed by atoms with Crippen molar-refractivity contribution < 1.29 is 144 Å². The fourth-order valence-electron chi connectivity index (χ4n) is 8.15. The van der Waals surface area contributed by atoms with E-state index in [-0.39, 0.29) is 6.61 Å². The maximum Gasteiger partial charge on any atom is 0.472 e. The third-order valence-corrected chi connectivity index (χ3v) is 13.6. The number of quaternary nitrogens is 1. The van der Waals surface area contributed by atoms with Gasteiger partial charge in [-0.1, -0.05) is 12.8 Å². The lowest BCUT2D eigenvalue weighted by atomic mass is 9.84. The van der Waals surface area contributed by atoms with Gasteiger partial charge in [0, 0.05) is 0 Å². The van der Waals surface area contributed by atoms with Gasteiger partial charge in [-0.3, -0.25) is 9.05 Å². The summed E-state index contributed by atoms with van der Waals surface area (Å²) in [5.74, 6) is 0.639. The normalized spacial score (nSPS) is 48.5. The van der Waals surface area contributed by atoms with Crippen molar-refractivity contribution in [2.75, 3.05) is 38.8 Å². The summed E-state index contributed by atoms with van der Waals surface area (Å²) in [4.78, 5) is 10.5. The zero-order valence-electron chi connectivity index (χ0n) is 35.8. The van der Waals surface area contributed by atoms with Gasteiger partial charge >= 0.3 is 7.82 Å². The molecule has 4 saturated heterocycles. The highest BCUT2D eigenvalue weighted by molar-refractivity contribution is 7.80. The first-order valence-electron chi connectivity index (χ1n) is 21.6. The molecule has 0 aromatic heterocycles. The summed E-state index contributed by atoms with van der Waals surface area (Å²) in [5.41, 5.74) is 3.77. The molecule has 5 rings (SSSR count). The van der Waals surface area contributed by atoms with Crippen molar-refractivity contribution >= 4 is 20.5 Å². The van der Waals surface area contributed by atoms with Crippen LogP contribution in [0.3, 0.4) is 0 Å². The van der Waals surface area contributed by atoms with Gasteiger partial charge in [0.2, 0.25) is 6.29 Å². The van der Waals surface area contributed by atoms with Gasteiger partial charge in [0.05, 0.1) is 33.0 Å². The first kappa shape index (κ1) is 57.4. The quantitative estimate of drug-likeness (QED) is 0.0288. The van der Waals surface area contributed by atoms with Gasteiger partial charge in [-0.05, 0) is 18.6 Å². The first-order valence-corrected chi connectivity index (χ1v) is 23.7. The minimum Gasteiger partial charge on any atom is -0.394 e. The molecule has 1 saturated carbocycles. The third-order valence-electron chi connectivity index (χ3n) is 12.2. The molecule has 5 fully saturated rings. The van der Waals surface area contributed by atoms with Crippen LogP contribution in [0.2, 0.25) is 0 Å². The van der Waals surface area contributed by atoms with E-state index < -0.39 is 194 Å². The van der Waals surface area contributed by atoms with E-state index >= 15 is 0 Å². The van der Waals surface area contributed by atoms with Gasteiger partial charge in [-0.15, -0.1) is 0 Å². The van der Waals surface area contributed by atoms with Gasteiger partial charge in [-0.25, -0.2) is 4.57 Å². The molecule has 0 amide bonds. The molecule has 0 aromatic rings. The summed E-state index contributed by atoms with van der Waals surface area (Å²) in [7, 11) is -5.05. The van der Waals surface area contributed by atoms with Crippen LogP contribution in [0, 0.1) is 0 Å². The molecular weight excluding hydrogens is 957 g/mol. The number of unbranched alkanes of at least 4 members (excludes halogenated alkanes) is 3. The molecule has 0 bridgehead atoms. The van der Waals surface area contributed by atoms with Gasteiger partial charge in [0.15, 0.2) is 24.9 Å². The van der Waals surface area contributed by atoms with Crippen LogP contribution in [0.15, 0.2) is 0 Å². The number of hydrogen-bond donors (Lipinski definition) is 19. The van der Waals surface area contributed by atoms with E-state index in [2.05, 4.69) is 18.4 Å². The summed E-state index contributed by atoms with van der Waals surface area (Å²) in [6.45, 7) is -3.83. The van der Waals surface area contributed by atoms with Crippen LogP contribution in [-0.4, -0.2) is 285 Å². The van der Waals surface area contributed by atoms with Gasteiger partial charge in [0.1, 0.15) is 128 Å². The van der Waals surface area contributed by atoms with E-state index in [1.54, 1.807) is 0 Å². The predicted molar refractivity (Wildman–Crippen MR) is 214 cm³/mol. The molecule has 4 heterocycles. The van der Waals surface area contributed by atoms with Crippen LogP contribution in [0.25, 0.3) is 0 Å². The maximum absolute atomic E-state index is 12.9. The second kappa shape index (κ2) is 25.4. The number of aliphatic hydroxyl groups is 16. The SMILES string of the molecule is [NH3+][C@H]1[C@H](O[C@@H]2[C@@H](O)[C@H](O)[C@@H](O)[C@H](O)[C@@H]2OP(=O)(O)OCCCCCCS)O[C@@H](CO)[C@H](O[C@@H]2O[C@@H](CO[C@@H]3O[C@@H](CO)[C@H](O)[C@H](O)[C@@H]3O[C@@H]3O[C@@H](CO)[C@H](O)[C@H](O)[C@@H]3O)[C@H](O)[C@H](O)[C@@H]2O)[C@@H]1O. The highest BCUT2D eigenvalue weighted by Gasteiger charge is 2.58. The number of aliphatic hydroxyl groups excluding tert-OH is 16. The Kier molecular flexibility index (Phi) is 21.8. The van der Waals surface area contributed by atoms with Crippen molar-refractivity contribution in [1.29, 1.82) is 0 Å². The summed E-state index contributed by atoms with van der Waals surface area (Å²) >= 11 is 4.12. The van der Waals surface area contributed by atoms with Crippen molar-refractivity contribution in [2.45, 2.75) is 185 Å². The lowest BCUT2D eigenvalue weighted by Gasteiger charge is -2.48. The Morgan fingerprint density at radius 3 is 1.46 bits per heavy atom. The standard InChI is InChI=1S/C36H66NO28PS/c37-15-19(44)29(13(9-40)60-33(15)63-30-25(50)22(47)23(48)26(51)31(30)65-66(54,55)57-5-3-1-2-4-6-67)62-35-28(53)21(46)18(43)14(61-35)10-56-36-32(24(49)17(42)12(8-39)59-36)64-34-27(52)20(45)16(41)11(7-38)58-34/h11-36,38-53,67H,1-10,37H2,(H,54,55)/p+1/t11-,12-,13-,14-,15+,16-,17-,18-,19+,20-,21-,22+,23+,24-,25-,26-,27-,28-,29-,30+,31-,32-,33-,34-,35-,36+/m0/s1. The number of rotatable bonds is 21. The van der Waals surface area contributed by atoms with Crippen molar-refractivity contribution in [1.82, 2.24) is 0 Å². The van der Waals surface area contributed by atoms with Crippen molar-refractivity contribution in [3.63, 3.8) is 0 Å². The number of ether oxygens (including phenoxy) is 8. The molecule has 20 N–H and O–H groups in total. The van der Waals surface area contributed by atoms with E-state index in [9.17, 15) is 91.2 Å². The second-order valence-corrected chi connectivity index (χ2v) is 18.8. The van der Waals surface area contributed by atoms with Crippen LogP contribution in [-0.2, 0) is 51.5 Å². The molecule has 0 aromatic carbocycles. The fourth-order valence-corrected chi connectivity index (χ4v) is 9.35. The first-order chi connectivity index (χ1) is 31.6. The number of phosphoric acid groups is 1. The Hall–Kier alpha value is -0.540. The van der Waals surface area contributed by atoms with E-state index in [1.807, 2.05) is 0 Å². The lowest BCUT2D eigenvalue weighted by Crippen LogP contribution is -2.79. The van der Waals surface area contributed by atoms with Crippen molar-refractivity contribution in [2.24, 2.45) is 0 Å². The Labute approximate surface area is 387 Å². The maximum atomic E-state index is 12.9. The van der Waals surface area contributed by atoms with Crippen molar-refractivity contribution in [3.8, 4) is 0 Å². The lowest BCUT2D eigenvalue weighted by molar-refractivity contribution is -0.510. The van der Waals surface area contributed by atoms with Crippen LogP contribution in [0.5, 0.6) is 0 Å². The highest BCUT2D eigenvalue weighted by atomic mass is 32.1. The minimum absolute atomic E-state index is 0.261. The van der Waals surface area contributed by atoms with Crippen LogP contribution in [0.4, 0.5) is 0 Å². The molecule has 4 aliphatic heterocycles. The highest BCUT2D eigenvalue weighted by Crippen LogP contribution is 2.48. The van der Waals surface area contributed by atoms with E-state index in [0.717, 1.165) is 12.8 Å². The van der Waals surface area contributed by atoms with Gasteiger partial charge in [0.25, 0.3) is 0 Å². The monoisotopic (exact) mass is 1020 g/mol. The van der Waals surface area contributed by atoms with Crippen LogP contribution >= 0.6 is 20.5 Å². The molecule has 394 valence electrons. The molecular formula is C36H67NO28PS+. The zero-order chi connectivity index (χ0) is 49.7. The molecule has 29 nitrogen and oxygen atoms in total. The summed E-state index contributed by atoms with van der Waals surface area (Å²) < 4.78 is 68.3. The summed E-state index contributed by atoms with van der Waals surface area (Å²) in [6, 6.07) is -1.52. The summed E-state index contributed by atoms with van der Waals surface area (Å²) in [6.07, 6.45) is -45.1. The molecule has 1 aliphatic carbocycles. The van der Waals surface area contributed by atoms with E-state index in [0.29, 0.717) is 18.6 Å². The topological polar surface area (TPSA) is 481 Å². The Bertz CT molecular complexity index is 1530. The fraction of sp³-hybridized carbons (Fsp3) is 1.00. The summed E-state index contributed by atoms with van der Waals surface area (Å²) in [5, 5.41) is 169. The minimum atomic E-state index is -5.05. The molecule has 0 radical (unpaired) electrons. The molecule has 67 heavy (non-hydrogen) atoms. The largest absolute Gasteiger partial charge is 0.472 e. The predicted octanol–water partition coefficient (Wildman–Crippen LogP) is -10.7. The second-order valence-electron chi connectivity index (χ2n) is 16.9. The molecule has 31 heteroatoms. The van der Waals surface area contributed by atoms with Gasteiger partial charge < -0.3 is 130 Å². The Morgan fingerprint density at radius 1 is 0.463 bits per heavy atom. The third kappa shape index (κ3) is 13.4. The molecule has 1 unspecified atom stereocenters. The Morgan fingerprint density at radius 2 is 0.896 bits per heavy atom. The average molecular weight is 1020 g/mol. The van der Waals surface area contributed by atoms with Gasteiger partial charge in [-0.2, -0.15) is 12.6 Å². The smallest absolute Gasteiger partial charge is 0.394 e. The van der Waals surface area contributed by atoms with Crippen LogP contribution < -0.4 is 5.73 Å². The van der Waals surface area contributed by atoms with Crippen molar-refractivity contribution in [3.05, 3.63) is 0 Å². The van der Waals surface area contributed by atoms with E-state index in [4.69, 9.17) is 46.9 Å². The zero-order valence-corrected chi connectivity index (χ0v) is 37.6. The average Bonchev–Trinajstić information content (AvgIpc) is 3.30. The molecule has 0 spiro atoms. The number of thiol groups is 1. The molecule has 27 atom stereocenters. The molecule has 5 aliphatic rings.